The molecule has 0 aromatic heterocycles. The smallest absolute Gasteiger partial charge is 0.320 e. The Balaban J connectivity index is 0. The SMILES string of the molecule is CCCCC(CCCC)C(O)(CC)CCCC.NC(=O)CCC(N)C(=O)O. The van der Waals surface area contributed by atoms with Crippen molar-refractivity contribution < 1.29 is 19.8 Å². The van der Waals surface area contributed by atoms with E-state index in [1.54, 1.807) is 0 Å². The van der Waals surface area contributed by atoms with E-state index < -0.39 is 17.9 Å². The maximum Gasteiger partial charge on any atom is 0.320 e. The van der Waals surface area contributed by atoms with Crippen molar-refractivity contribution in [1.82, 2.24) is 0 Å². The molecule has 1 amide bonds. The molecule has 0 aromatic rings. The van der Waals surface area contributed by atoms with Gasteiger partial charge in [0.05, 0.1) is 5.60 Å². The van der Waals surface area contributed by atoms with Gasteiger partial charge in [0, 0.05) is 6.42 Å². The van der Waals surface area contributed by atoms with Gasteiger partial charge in [-0.1, -0.05) is 66.2 Å². The summed E-state index contributed by atoms with van der Waals surface area (Å²) in [6.45, 7) is 8.85. The molecule has 0 aliphatic heterocycles. The number of carboxylic acid groups (broad SMARTS) is 1. The number of aliphatic hydroxyl groups is 1. The Hall–Kier alpha value is -1.14. The first-order valence-corrected chi connectivity index (χ1v) is 10.7. The molecule has 162 valence electrons. The topological polar surface area (TPSA) is 127 Å². The van der Waals surface area contributed by atoms with Crippen molar-refractivity contribution in [3.05, 3.63) is 0 Å². The van der Waals surface area contributed by atoms with Crippen molar-refractivity contribution in [1.29, 1.82) is 0 Å². The molecule has 6 nitrogen and oxygen atoms in total. The summed E-state index contributed by atoms with van der Waals surface area (Å²) in [6, 6.07) is -0.979. The number of nitrogens with two attached hydrogens (primary N) is 2. The monoisotopic (exact) mass is 388 g/mol. The van der Waals surface area contributed by atoms with Crippen molar-refractivity contribution in [3.63, 3.8) is 0 Å². The van der Waals surface area contributed by atoms with E-state index in [4.69, 9.17) is 16.6 Å². The number of unbranched alkanes of at least 4 members (excludes halogenated alkanes) is 3. The third kappa shape index (κ3) is 14.6. The van der Waals surface area contributed by atoms with Gasteiger partial charge in [0.2, 0.25) is 5.91 Å². The second-order valence-electron chi connectivity index (χ2n) is 7.49. The van der Waals surface area contributed by atoms with Crippen LogP contribution >= 0.6 is 0 Å². The molecule has 0 saturated carbocycles. The van der Waals surface area contributed by atoms with Gasteiger partial charge in [-0.15, -0.1) is 0 Å². The maximum absolute atomic E-state index is 10.9. The molecule has 6 heteroatoms. The highest BCUT2D eigenvalue weighted by Gasteiger charge is 2.33. The van der Waals surface area contributed by atoms with Crippen LogP contribution in [0.3, 0.4) is 0 Å². The third-order valence-electron chi connectivity index (χ3n) is 5.17. The summed E-state index contributed by atoms with van der Waals surface area (Å²) in [5, 5.41) is 19.1. The van der Waals surface area contributed by atoms with Crippen LogP contribution < -0.4 is 11.5 Å². The van der Waals surface area contributed by atoms with Gasteiger partial charge in [-0.05, 0) is 38.0 Å². The molecule has 0 rings (SSSR count). The van der Waals surface area contributed by atoms with Crippen molar-refractivity contribution in [2.24, 2.45) is 17.4 Å². The van der Waals surface area contributed by atoms with Gasteiger partial charge in [-0.3, -0.25) is 9.59 Å². The first-order valence-electron chi connectivity index (χ1n) is 10.7. The van der Waals surface area contributed by atoms with Crippen LogP contribution in [0.4, 0.5) is 0 Å². The number of hydrogen-bond acceptors (Lipinski definition) is 4. The van der Waals surface area contributed by atoms with E-state index in [0.717, 1.165) is 12.8 Å². The van der Waals surface area contributed by atoms with Crippen LogP contribution in [-0.4, -0.2) is 33.7 Å². The van der Waals surface area contributed by atoms with Gasteiger partial charge in [0.1, 0.15) is 6.04 Å². The quantitative estimate of drug-likeness (QED) is 0.337. The molecule has 2 unspecified atom stereocenters. The average Bonchev–Trinajstić information content (AvgIpc) is 2.64. The first kappa shape index (κ1) is 28.1. The lowest BCUT2D eigenvalue weighted by Crippen LogP contribution is -2.37. The van der Waals surface area contributed by atoms with Crippen LogP contribution in [0.2, 0.25) is 0 Å². The summed E-state index contributed by atoms with van der Waals surface area (Å²) in [6.07, 6.45) is 11.9. The van der Waals surface area contributed by atoms with Gasteiger partial charge in [0.15, 0.2) is 0 Å². The lowest BCUT2D eigenvalue weighted by atomic mass is 9.76. The highest BCUT2D eigenvalue weighted by Crippen LogP contribution is 2.34. The zero-order valence-electron chi connectivity index (χ0n) is 18.0. The number of amides is 1. The largest absolute Gasteiger partial charge is 0.480 e. The zero-order valence-corrected chi connectivity index (χ0v) is 18.0. The van der Waals surface area contributed by atoms with Crippen LogP contribution in [0.5, 0.6) is 0 Å². The van der Waals surface area contributed by atoms with E-state index >= 15 is 0 Å². The fraction of sp³-hybridized carbons (Fsp3) is 0.905. The molecule has 0 aliphatic carbocycles. The van der Waals surface area contributed by atoms with Crippen LogP contribution in [0.1, 0.15) is 105 Å². The van der Waals surface area contributed by atoms with E-state index in [-0.39, 0.29) is 18.4 Å². The minimum atomic E-state index is -1.11. The number of hydrogen-bond donors (Lipinski definition) is 4. The molecule has 0 heterocycles. The maximum atomic E-state index is 10.9. The molecule has 2 atom stereocenters. The van der Waals surface area contributed by atoms with Crippen LogP contribution in [0.25, 0.3) is 0 Å². The number of primary amides is 1. The number of carboxylic acids is 1. The minimum absolute atomic E-state index is 0.0213. The van der Waals surface area contributed by atoms with Crippen LogP contribution in [0.15, 0.2) is 0 Å². The first-order chi connectivity index (χ1) is 12.7. The molecular weight excluding hydrogens is 344 g/mol. The molecule has 0 bridgehead atoms. The summed E-state index contributed by atoms with van der Waals surface area (Å²) in [5.74, 6) is -1.11. The summed E-state index contributed by atoms with van der Waals surface area (Å²) >= 11 is 0. The Morgan fingerprint density at radius 2 is 1.41 bits per heavy atom. The predicted octanol–water partition coefficient (Wildman–Crippen LogP) is 3.98. The molecule has 6 N–H and O–H groups in total. The molecule has 0 spiro atoms. The van der Waals surface area contributed by atoms with Gasteiger partial charge >= 0.3 is 5.97 Å². The number of rotatable bonds is 15. The van der Waals surface area contributed by atoms with E-state index in [0.29, 0.717) is 5.92 Å². The fourth-order valence-corrected chi connectivity index (χ4v) is 3.16. The zero-order chi connectivity index (χ0) is 21.3. The van der Waals surface area contributed by atoms with Gasteiger partial charge < -0.3 is 21.7 Å². The second-order valence-corrected chi connectivity index (χ2v) is 7.49. The van der Waals surface area contributed by atoms with Gasteiger partial charge in [-0.25, -0.2) is 0 Å². The summed E-state index contributed by atoms with van der Waals surface area (Å²) in [4.78, 5) is 20.1. The molecule has 0 saturated heterocycles. The van der Waals surface area contributed by atoms with Gasteiger partial charge in [-0.2, -0.15) is 0 Å². The Kier molecular flexibility index (Phi) is 17.7. The second kappa shape index (κ2) is 17.0. The molecule has 0 radical (unpaired) electrons. The highest BCUT2D eigenvalue weighted by atomic mass is 16.4. The summed E-state index contributed by atoms with van der Waals surface area (Å²) in [7, 11) is 0. The van der Waals surface area contributed by atoms with Crippen LogP contribution in [-0.2, 0) is 9.59 Å². The molecular formula is C21H44N2O4. The lowest BCUT2D eigenvalue weighted by molar-refractivity contribution is -0.138. The van der Waals surface area contributed by atoms with E-state index in [2.05, 4.69) is 27.7 Å². The normalized spacial score (nSPS) is 14.2. The van der Waals surface area contributed by atoms with E-state index in [1.807, 2.05) is 0 Å². The Morgan fingerprint density at radius 1 is 0.926 bits per heavy atom. The average molecular weight is 389 g/mol. The fourth-order valence-electron chi connectivity index (χ4n) is 3.16. The molecule has 27 heavy (non-hydrogen) atoms. The van der Waals surface area contributed by atoms with Crippen molar-refractivity contribution in [2.75, 3.05) is 0 Å². The predicted molar refractivity (Wildman–Crippen MR) is 111 cm³/mol. The number of carbonyl (C=O) groups is 2. The van der Waals surface area contributed by atoms with Crippen LogP contribution in [0, 0.1) is 5.92 Å². The minimum Gasteiger partial charge on any atom is -0.480 e. The standard InChI is InChI=1S/C16H34O.C5H10N2O3/c1-5-9-12-15(13-10-6-2)16(17,8-4)14-11-7-3;6-3(5(9)10)1-2-4(7)8/h15,17H,5-14H2,1-4H3;3H,1-2,6H2,(H2,7,8)(H,9,10). The lowest BCUT2D eigenvalue weighted by Gasteiger charge is -2.36. The summed E-state index contributed by atoms with van der Waals surface area (Å²) in [5.41, 5.74) is 9.42. The Bertz CT molecular complexity index is 382. The van der Waals surface area contributed by atoms with Gasteiger partial charge in [0.25, 0.3) is 0 Å². The van der Waals surface area contributed by atoms with E-state index in [1.165, 1.54) is 51.4 Å². The third-order valence-corrected chi connectivity index (χ3v) is 5.17. The Labute approximate surface area is 166 Å². The molecule has 0 fully saturated rings. The van der Waals surface area contributed by atoms with Crippen molar-refractivity contribution in [2.45, 2.75) is 116 Å². The van der Waals surface area contributed by atoms with Crippen molar-refractivity contribution >= 4 is 11.9 Å². The summed E-state index contributed by atoms with van der Waals surface area (Å²) < 4.78 is 0. The van der Waals surface area contributed by atoms with E-state index in [9.17, 15) is 14.7 Å². The highest BCUT2D eigenvalue weighted by molar-refractivity contribution is 5.76. The Morgan fingerprint density at radius 3 is 1.74 bits per heavy atom. The number of aliphatic carboxylic acids is 1. The number of carbonyl (C=O) groups excluding carboxylic acids is 1. The molecule has 0 aromatic carbocycles. The molecule has 0 aliphatic rings. The van der Waals surface area contributed by atoms with Crippen molar-refractivity contribution in [3.8, 4) is 0 Å².